The van der Waals surface area contributed by atoms with Crippen LogP contribution in [0.25, 0.3) is 0 Å². The van der Waals surface area contributed by atoms with Crippen molar-refractivity contribution in [2.75, 3.05) is 6.54 Å². The maximum Gasteiger partial charge on any atom is 0.326 e. The highest BCUT2D eigenvalue weighted by Gasteiger charge is 2.31. The first-order chi connectivity index (χ1) is 14.7. The molecule has 10 heteroatoms. The van der Waals surface area contributed by atoms with Crippen molar-refractivity contribution in [1.82, 2.24) is 16.0 Å². The molecule has 0 aromatic heterocycles. The van der Waals surface area contributed by atoms with Gasteiger partial charge in [0.15, 0.2) is 5.96 Å². The maximum atomic E-state index is 12.9. The third kappa shape index (κ3) is 7.56. The van der Waals surface area contributed by atoms with Gasteiger partial charge >= 0.3 is 5.97 Å². The Labute approximate surface area is 181 Å². The summed E-state index contributed by atoms with van der Waals surface area (Å²) in [6.07, 6.45) is 1.00. The van der Waals surface area contributed by atoms with E-state index >= 15 is 0 Å². The Morgan fingerprint density at radius 3 is 2.39 bits per heavy atom. The van der Waals surface area contributed by atoms with Crippen LogP contribution in [0.3, 0.4) is 0 Å². The Morgan fingerprint density at radius 1 is 1.16 bits per heavy atom. The van der Waals surface area contributed by atoms with Crippen molar-refractivity contribution >= 4 is 23.7 Å². The molecule has 1 aliphatic heterocycles. The van der Waals surface area contributed by atoms with Gasteiger partial charge in [-0.25, -0.2) is 9.79 Å². The van der Waals surface area contributed by atoms with Crippen LogP contribution < -0.4 is 27.4 Å². The van der Waals surface area contributed by atoms with Gasteiger partial charge in [0.05, 0.1) is 6.04 Å². The number of amides is 2. The number of benzene rings is 1. The van der Waals surface area contributed by atoms with Crippen molar-refractivity contribution in [3.05, 3.63) is 35.9 Å². The second-order valence-electron chi connectivity index (χ2n) is 8.10. The normalized spacial score (nSPS) is 18.8. The molecule has 0 spiro atoms. The molecule has 1 aromatic rings. The lowest BCUT2D eigenvalue weighted by Crippen LogP contribution is -2.58. The molecule has 0 unspecified atom stereocenters. The molecule has 0 saturated heterocycles. The Bertz CT molecular complexity index is 798. The summed E-state index contributed by atoms with van der Waals surface area (Å²) in [5, 5.41) is 17.6. The Balaban J connectivity index is 2.07. The van der Waals surface area contributed by atoms with E-state index in [-0.39, 0.29) is 18.3 Å². The number of carboxylic acids is 1. The van der Waals surface area contributed by atoms with Gasteiger partial charge in [-0.3, -0.25) is 9.59 Å². The van der Waals surface area contributed by atoms with Crippen molar-refractivity contribution in [3.8, 4) is 0 Å². The molecule has 2 amide bonds. The molecule has 0 fully saturated rings. The number of carbonyl (C=O) groups excluding carboxylic acids is 2. The molecule has 4 atom stereocenters. The summed E-state index contributed by atoms with van der Waals surface area (Å²) in [5.74, 6) is -1.94. The quantitative estimate of drug-likeness (QED) is 0.284. The number of hydrogen-bond acceptors (Lipinski definition) is 7. The standard InChI is InChI=1S/C21H32N6O4/c1-12(2)10-15(25-19(29)17(22)14-8-9-24-21(23)27-14)18(28)26-16(20(30)31)11-13-6-4-3-5-7-13/h3-7,12,14-17H,8-11,22H2,1-2H3,(H,25,29)(H,26,28)(H,30,31)(H3,23,24,27)/t14-,15+,16+,17+/m1/s1. The number of rotatable bonds is 10. The highest BCUT2D eigenvalue weighted by Crippen LogP contribution is 2.10. The summed E-state index contributed by atoms with van der Waals surface area (Å²) >= 11 is 0. The molecule has 2 rings (SSSR count). The minimum Gasteiger partial charge on any atom is -0.480 e. The topological polar surface area (TPSA) is 172 Å². The number of nitrogens with two attached hydrogens (primary N) is 2. The van der Waals surface area contributed by atoms with Crippen molar-refractivity contribution in [2.45, 2.75) is 57.3 Å². The zero-order valence-corrected chi connectivity index (χ0v) is 17.9. The first-order valence-corrected chi connectivity index (χ1v) is 10.4. The molecule has 170 valence electrons. The Hall–Kier alpha value is -3.14. The first kappa shape index (κ1) is 24.1. The van der Waals surface area contributed by atoms with E-state index in [1.165, 1.54) is 0 Å². The Morgan fingerprint density at radius 2 is 1.81 bits per heavy atom. The second kappa shape index (κ2) is 11.3. The monoisotopic (exact) mass is 432 g/mol. The fourth-order valence-electron chi connectivity index (χ4n) is 3.36. The van der Waals surface area contributed by atoms with Crippen molar-refractivity contribution in [2.24, 2.45) is 22.4 Å². The van der Waals surface area contributed by atoms with Gasteiger partial charge in [-0.15, -0.1) is 0 Å². The average Bonchev–Trinajstić information content (AvgIpc) is 2.72. The molecule has 1 aliphatic rings. The van der Waals surface area contributed by atoms with Crippen molar-refractivity contribution in [3.63, 3.8) is 0 Å². The lowest BCUT2D eigenvalue weighted by Gasteiger charge is -2.27. The lowest BCUT2D eigenvalue weighted by atomic mass is 9.99. The summed E-state index contributed by atoms with van der Waals surface area (Å²) < 4.78 is 0. The second-order valence-corrected chi connectivity index (χ2v) is 8.10. The van der Waals surface area contributed by atoms with E-state index in [0.29, 0.717) is 19.4 Å². The van der Waals surface area contributed by atoms with Crippen LogP contribution in [0.4, 0.5) is 0 Å². The molecule has 10 nitrogen and oxygen atoms in total. The minimum atomic E-state index is -1.15. The molecule has 0 bridgehead atoms. The van der Waals surface area contributed by atoms with E-state index in [9.17, 15) is 19.5 Å². The van der Waals surface area contributed by atoms with Gasteiger partial charge in [0.2, 0.25) is 11.8 Å². The van der Waals surface area contributed by atoms with Crippen LogP contribution in [0.1, 0.15) is 32.3 Å². The minimum absolute atomic E-state index is 0.0808. The molecule has 0 aliphatic carbocycles. The smallest absolute Gasteiger partial charge is 0.326 e. The number of carboxylic acid groups (broad SMARTS) is 1. The van der Waals surface area contributed by atoms with Crippen molar-refractivity contribution in [1.29, 1.82) is 0 Å². The molecular weight excluding hydrogens is 400 g/mol. The number of hydrogen-bond donors (Lipinski definition) is 6. The first-order valence-electron chi connectivity index (χ1n) is 10.4. The highest BCUT2D eigenvalue weighted by molar-refractivity contribution is 5.92. The fraction of sp³-hybridized carbons (Fsp3) is 0.524. The average molecular weight is 433 g/mol. The number of guanidine groups is 1. The number of nitrogens with one attached hydrogen (secondary N) is 3. The molecule has 31 heavy (non-hydrogen) atoms. The van der Waals surface area contributed by atoms with Crippen LogP contribution in [0.5, 0.6) is 0 Å². The van der Waals surface area contributed by atoms with Gasteiger partial charge < -0.3 is 32.5 Å². The van der Waals surface area contributed by atoms with Gasteiger partial charge in [0.1, 0.15) is 18.1 Å². The van der Waals surface area contributed by atoms with Crippen LogP contribution in [0.2, 0.25) is 0 Å². The van der Waals surface area contributed by atoms with Crippen LogP contribution in [0.15, 0.2) is 35.3 Å². The molecule has 0 saturated carbocycles. The predicted octanol–water partition coefficient (Wildman–Crippen LogP) is -0.667. The van der Waals surface area contributed by atoms with E-state index in [4.69, 9.17) is 11.5 Å². The zero-order chi connectivity index (χ0) is 23.0. The van der Waals surface area contributed by atoms with Gasteiger partial charge in [-0.05, 0) is 24.3 Å². The number of carbonyl (C=O) groups is 3. The number of aliphatic imine (C=N–C) groups is 1. The van der Waals surface area contributed by atoms with Gasteiger partial charge in [0, 0.05) is 13.0 Å². The summed E-state index contributed by atoms with van der Waals surface area (Å²) in [7, 11) is 0. The zero-order valence-electron chi connectivity index (χ0n) is 17.9. The summed E-state index contributed by atoms with van der Waals surface area (Å²) in [5.41, 5.74) is 12.5. The highest BCUT2D eigenvalue weighted by atomic mass is 16.4. The SMILES string of the molecule is CC(C)C[C@H](NC(=O)[C@@H](N)[C@H]1CCNC(N)=N1)C(=O)N[C@@H](Cc1ccccc1)C(=O)O. The fourth-order valence-corrected chi connectivity index (χ4v) is 3.36. The number of aliphatic carboxylic acids is 1. The summed E-state index contributed by atoms with van der Waals surface area (Å²) in [4.78, 5) is 41.4. The molecule has 1 heterocycles. The van der Waals surface area contributed by atoms with Crippen molar-refractivity contribution < 1.29 is 19.5 Å². The molecular formula is C21H32N6O4. The van der Waals surface area contributed by atoms with E-state index in [1.54, 1.807) is 24.3 Å². The van der Waals surface area contributed by atoms with E-state index in [0.717, 1.165) is 5.56 Å². The van der Waals surface area contributed by atoms with Gasteiger partial charge in [0.25, 0.3) is 0 Å². The lowest BCUT2D eigenvalue weighted by molar-refractivity contribution is -0.142. The van der Waals surface area contributed by atoms with Crippen LogP contribution >= 0.6 is 0 Å². The summed E-state index contributed by atoms with van der Waals surface area (Å²) in [6, 6.07) is 5.51. The van der Waals surface area contributed by atoms with Crippen LogP contribution in [-0.2, 0) is 20.8 Å². The molecule has 1 aromatic carbocycles. The van der Waals surface area contributed by atoms with Crippen LogP contribution in [-0.4, -0.2) is 59.6 Å². The van der Waals surface area contributed by atoms with E-state index in [2.05, 4.69) is 20.9 Å². The third-order valence-corrected chi connectivity index (χ3v) is 5.01. The van der Waals surface area contributed by atoms with E-state index in [1.807, 2.05) is 19.9 Å². The maximum absolute atomic E-state index is 12.9. The van der Waals surface area contributed by atoms with Gasteiger partial charge in [-0.1, -0.05) is 44.2 Å². The summed E-state index contributed by atoms with van der Waals surface area (Å²) in [6.45, 7) is 4.36. The third-order valence-electron chi connectivity index (χ3n) is 5.01. The predicted molar refractivity (Wildman–Crippen MR) is 117 cm³/mol. The van der Waals surface area contributed by atoms with E-state index < -0.39 is 42.0 Å². The molecule has 0 radical (unpaired) electrons. The Kier molecular flexibility index (Phi) is 8.80. The van der Waals surface area contributed by atoms with Crippen LogP contribution in [0, 0.1) is 5.92 Å². The van der Waals surface area contributed by atoms with Gasteiger partial charge in [-0.2, -0.15) is 0 Å². The molecule has 8 N–H and O–H groups in total. The largest absolute Gasteiger partial charge is 0.480 e. The number of nitrogens with zero attached hydrogens (tertiary/aromatic N) is 1.